The number of carbonyl (C=O) groups excluding carboxylic acids is 1. The summed E-state index contributed by atoms with van der Waals surface area (Å²) in [6.07, 6.45) is 4.48. The van der Waals surface area contributed by atoms with Crippen molar-refractivity contribution >= 4 is 11.5 Å². The number of ether oxygens (including phenoxy) is 1. The lowest BCUT2D eigenvalue weighted by atomic mass is 9.75. The molecule has 0 spiro atoms. The number of methoxy groups -OCH3 is 1. The zero-order valence-electron chi connectivity index (χ0n) is 13.0. The van der Waals surface area contributed by atoms with E-state index in [1.807, 2.05) is 6.92 Å². The molecular formula is C16H25NO3. The van der Waals surface area contributed by atoms with Crippen molar-refractivity contribution in [3.05, 3.63) is 24.0 Å². The maximum Gasteiger partial charge on any atom is 0.168 e. The van der Waals surface area contributed by atoms with Crippen LogP contribution in [0.15, 0.2) is 29.1 Å². The zero-order valence-corrected chi connectivity index (χ0v) is 13.0. The Morgan fingerprint density at radius 1 is 1.45 bits per heavy atom. The van der Waals surface area contributed by atoms with Gasteiger partial charge < -0.3 is 9.57 Å². The van der Waals surface area contributed by atoms with Crippen LogP contribution < -0.4 is 0 Å². The van der Waals surface area contributed by atoms with Gasteiger partial charge in [-0.2, -0.15) is 0 Å². The van der Waals surface area contributed by atoms with Gasteiger partial charge in [0.2, 0.25) is 0 Å². The third-order valence-electron chi connectivity index (χ3n) is 3.22. The second-order valence-corrected chi connectivity index (χ2v) is 5.82. The van der Waals surface area contributed by atoms with Crippen LogP contribution in [0, 0.1) is 5.41 Å². The molecule has 20 heavy (non-hydrogen) atoms. The van der Waals surface area contributed by atoms with Crippen LogP contribution in [0.2, 0.25) is 0 Å². The van der Waals surface area contributed by atoms with E-state index >= 15 is 0 Å². The molecule has 0 aromatic rings. The van der Waals surface area contributed by atoms with Crippen molar-refractivity contribution < 1.29 is 14.4 Å². The summed E-state index contributed by atoms with van der Waals surface area (Å²) in [5.74, 6) is 0.813. The lowest BCUT2D eigenvalue weighted by Crippen LogP contribution is -2.30. The minimum absolute atomic E-state index is 0.0643. The second kappa shape index (κ2) is 7.27. The summed E-state index contributed by atoms with van der Waals surface area (Å²) in [6.45, 7) is 10.1. The molecule has 0 unspecified atom stereocenters. The molecule has 4 heteroatoms. The molecule has 0 radical (unpaired) electrons. The highest BCUT2D eigenvalue weighted by atomic mass is 16.6. The van der Waals surface area contributed by atoms with Gasteiger partial charge >= 0.3 is 0 Å². The van der Waals surface area contributed by atoms with E-state index in [2.05, 4.69) is 25.6 Å². The van der Waals surface area contributed by atoms with Crippen LogP contribution in [0.25, 0.3) is 0 Å². The maximum absolute atomic E-state index is 12.4. The predicted octanol–water partition coefficient (Wildman–Crippen LogP) is 3.63. The Kier molecular flexibility index (Phi) is 5.99. The van der Waals surface area contributed by atoms with Crippen LogP contribution in [0.5, 0.6) is 0 Å². The summed E-state index contributed by atoms with van der Waals surface area (Å²) < 4.78 is 5.45. The molecule has 0 aromatic heterocycles. The van der Waals surface area contributed by atoms with Crippen LogP contribution in [0.4, 0.5) is 0 Å². The standard InChI is InChI=1S/C16H25NO3/c1-6-8-12(17-20-9-7-2)15-13(18)10-16(3,4)11-14(15)19-5/h7H,2,6,8-11H2,1,3-5H3/b17-12-. The molecule has 0 atom stereocenters. The number of carbonyl (C=O) groups is 1. The minimum atomic E-state index is -0.0643. The van der Waals surface area contributed by atoms with Gasteiger partial charge in [-0.15, -0.1) is 0 Å². The van der Waals surface area contributed by atoms with E-state index < -0.39 is 0 Å². The Bertz CT molecular complexity index is 433. The molecule has 0 aromatic carbocycles. The van der Waals surface area contributed by atoms with Crippen molar-refractivity contribution in [1.82, 2.24) is 0 Å². The van der Waals surface area contributed by atoms with E-state index in [0.717, 1.165) is 18.6 Å². The van der Waals surface area contributed by atoms with Gasteiger partial charge in [-0.25, -0.2) is 0 Å². The lowest BCUT2D eigenvalue weighted by Gasteiger charge is -2.31. The molecule has 112 valence electrons. The van der Waals surface area contributed by atoms with E-state index in [4.69, 9.17) is 9.57 Å². The molecular weight excluding hydrogens is 254 g/mol. The number of nitrogens with zero attached hydrogens (tertiary/aromatic N) is 1. The number of hydrogen-bond donors (Lipinski definition) is 0. The highest BCUT2D eigenvalue weighted by Crippen LogP contribution is 2.37. The monoisotopic (exact) mass is 279 g/mol. The summed E-state index contributed by atoms with van der Waals surface area (Å²) in [5, 5.41) is 4.11. The number of Topliss-reactive ketones (excluding diaryl/α,β-unsaturated/α-hetero) is 1. The Labute approximate surface area is 121 Å². The van der Waals surface area contributed by atoms with Gasteiger partial charge in [0.1, 0.15) is 12.4 Å². The molecule has 4 nitrogen and oxygen atoms in total. The van der Waals surface area contributed by atoms with Crippen molar-refractivity contribution in [1.29, 1.82) is 0 Å². The normalized spacial score (nSPS) is 19.0. The topological polar surface area (TPSA) is 47.9 Å². The van der Waals surface area contributed by atoms with Gasteiger partial charge in [0.05, 0.1) is 18.4 Å². The minimum Gasteiger partial charge on any atom is -0.500 e. The summed E-state index contributed by atoms with van der Waals surface area (Å²) in [5.41, 5.74) is 1.23. The fraction of sp³-hybridized carbons (Fsp3) is 0.625. The van der Waals surface area contributed by atoms with Gasteiger partial charge in [-0.1, -0.05) is 45.0 Å². The quantitative estimate of drug-likeness (QED) is 0.309. The van der Waals surface area contributed by atoms with Gasteiger partial charge in [0.25, 0.3) is 0 Å². The first-order valence-electron chi connectivity index (χ1n) is 7.05. The van der Waals surface area contributed by atoms with Crippen LogP contribution in [0.3, 0.4) is 0 Å². The number of oxime groups is 1. The first kappa shape index (κ1) is 16.5. The molecule has 1 aliphatic rings. The number of ketones is 1. The molecule has 0 saturated heterocycles. The maximum atomic E-state index is 12.4. The van der Waals surface area contributed by atoms with E-state index in [1.54, 1.807) is 13.2 Å². The zero-order chi connectivity index (χ0) is 15.2. The van der Waals surface area contributed by atoms with Crippen molar-refractivity contribution in [2.24, 2.45) is 10.6 Å². The molecule has 0 saturated carbocycles. The van der Waals surface area contributed by atoms with Crippen LogP contribution >= 0.6 is 0 Å². The van der Waals surface area contributed by atoms with Gasteiger partial charge in [-0.3, -0.25) is 4.79 Å². The average Bonchev–Trinajstić information content (AvgIpc) is 2.36. The molecule has 0 N–H and O–H groups in total. The molecule has 1 rings (SSSR count). The van der Waals surface area contributed by atoms with E-state index in [-0.39, 0.29) is 11.2 Å². The summed E-state index contributed by atoms with van der Waals surface area (Å²) >= 11 is 0. The first-order valence-corrected chi connectivity index (χ1v) is 7.05. The molecule has 0 amide bonds. The van der Waals surface area contributed by atoms with Crippen molar-refractivity contribution in [3.8, 4) is 0 Å². The highest BCUT2D eigenvalue weighted by molar-refractivity contribution is 6.23. The van der Waals surface area contributed by atoms with E-state index in [1.165, 1.54) is 0 Å². The average molecular weight is 279 g/mol. The smallest absolute Gasteiger partial charge is 0.168 e. The Hall–Kier alpha value is -1.58. The number of rotatable bonds is 7. The van der Waals surface area contributed by atoms with Crippen LogP contribution in [-0.4, -0.2) is 25.2 Å². The summed E-state index contributed by atoms with van der Waals surface area (Å²) in [4.78, 5) is 17.6. The lowest BCUT2D eigenvalue weighted by molar-refractivity contribution is -0.118. The summed E-state index contributed by atoms with van der Waals surface area (Å²) in [6, 6.07) is 0. The van der Waals surface area contributed by atoms with Crippen LogP contribution in [0.1, 0.15) is 46.5 Å². The molecule has 0 aliphatic heterocycles. The van der Waals surface area contributed by atoms with Gasteiger partial charge in [0.15, 0.2) is 5.78 Å². The van der Waals surface area contributed by atoms with Crippen molar-refractivity contribution in [2.45, 2.75) is 46.5 Å². The predicted molar refractivity (Wildman–Crippen MR) is 80.5 cm³/mol. The van der Waals surface area contributed by atoms with Crippen molar-refractivity contribution in [2.75, 3.05) is 13.7 Å². The summed E-state index contributed by atoms with van der Waals surface area (Å²) in [7, 11) is 1.61. The number of allylic oxidation sites excluding steroid dienone is 2. The molecule has 0 bridgehead atoms. The first-order chi connectivity index (χ1) is 9.45. The van der Waals surface area contributed by atoms with Gasteiger partial charge in [0, 0.05) is 12.8 Å². The molecule has 1 aliphatic carbocycles. The Morgan fingerprint density at radius 2 is 2.15 bits per heavy atom. The fourth-order valence-corrected chi connectivity index (χ4v) is 2.38. The van der Waals surface area contributed by atoms with Gasteiger partial charge in [-0.05, 0) is 11.8 Å². The SMILES string of the molecule is C=CCO/N=C(/CCC)C1=C(OC)CC(C)(C)CC1=O. The Balaban J connectivity index is 3.13. The Morgan fingerprint density at radius 3 is 2.70 bits per heavy atom. The largest absolute Gasteiger partial charge is 0.500 e. The van der Waals surface area contributed by atoms with Crippen LogP contribution in [-0.2, 0) is 14.4 Å². The third kappa shape index (κ3) is 4.22. The highest BCUT2D eigenvalue weighted by Gasteiger charge is 2.35. The fourth-order valence-electron chi connectivity index (χ4n) is 2.38. The third-order valence-corrected chi connectivity index (χ3v) is 3.22. The molecule has 0 fully saturated rings. The molecule has 0 heterocycles. The van der Waals surface area contributed by atoms with E-state index in [0.29, 0.717) is 30.7 Å². The van der Waals surface area contributed by atoms with Crippen molar-refractivity contribution in [3.63, 3.8) is 0 Å². The number of hydrogen-bond acceptors (Lipinski definition) is 4. The van der Waals surface area contributed by atoms with E-state index in [9.17, 15) is 4.79 Å². The second-order valence-electron chi connectivity index (χ2n) is 5.82.